The molecule has 2 amide bonds. The smallest absolute Gasteiger partial charge is 0.274 e. The van der Waals surface area contributed by atoms with Gasteiger partial charge in [0.2, 0.25) is 0 Å². The summed E-state index contributed by atoms with van der Waals surface area (Å²) in [5.74, 6) is -0.686. The molecule has 0 fully saturated rings. The van der Waals surface area contributed by atoms with Crippen LogP contribution in [0.3, 0.4) is 0 Å². The van der Waals surface area contributed by atoms with Gasteiger partial charge in [-0.15, -0.1) is 0 Å². The molecule has 0 radical (unpaired) electrons. The summed E-state index contributed by atoms with van der Waals surface area (Å²) in [6, 6.07) is 14.4. The number of nitrogens with one attached hydrogen (secondary N) is 1. The van der Waals surface area contributed by atoms with Gasteiger partial charge >= 0.3 is 0 Å². The van der Waals surface area contributed by atoms with Gasteiger partial charge < -0.3 is 9.80 Å². The molecule has 1 unspecified atom stereocenters. The van der Waals surface area contributed by atoms with Crippen molar-refractivity contribution in [2.24, 2.45) is 0 Å². The molecule has 2 aromatic carbocycles. The Morgan fingerprint density at radius 3 is 2.28 bits per heavy atom. The fourth-order valence-corrected chi connectivity index (χ4v) is 3.43. The molecule has 0 aromatic heterocycles. The van der Waals surface area contributed by atoms with Gasteiger partial charge in [-0.05, 0) is 69.3 Å². The standard InChI is InChI=1S/C21H25N3O3.C2H6/c1-15-11-13-23(2)14-12-16-5-3-4-6-19(16)24(15)21(26)18-9-7-17(8-10-18)20(25)22-27;1-2/h3-10,15,27H,11-14H2,1-2H3,(H,22,25);1-2H3. The monoisotopic (exact) mass is 397 g/mol. The van der Waals surface area contributed by atoms with Gasteiger partial charge in [-0.2, -0.15) is 0 Å². The number of hydroxylamine groups is 1. The zero-order valence-electron chi connectivity index (χ0n) is 17.7. The molecule has 6 heteroatoms. The van der Waals surface area contributed by atoms with Gasteiger partial charge in [0.05, 0.1) is 0 Å². The van der Waals surface area contributed by atoms with Gasteiger partial charge in [-0.3, -0.25) is 14.8 Å². The van der Waals surface area contributed by atoms with Crippen LogP contribution in [-0.2, 0) is 6.42 Å². The van der Waals surface area contributed by atoms with E-state index >= 15 is 0 Å². The molecule has 2 aromatic rings. The average molecular weight is 398 g/mol. The summed E-state index contributed by atoms with van der Waals surface area (Å²) in [4.78, 5) is 29.0. The Balaban J connectivity index is 0.00000145. The quantitative estimate of drug-likeness (QED) is 0.598. The van der Waals surface area contributed by atoms with E-state index in [4.69, 9.17) is 5.21 Å². The maximum absolute atomic E-state index is 13.3. The number of rotatable bonds is 2. The first kappa shape index (κ1) is 22.6. The molecule has 6 nitrogen and oxygen atoms in total. The lowest BCUT2D eigenvalue weighted by Gasteiger charge is -2.31. The summed E-state index contributed by atoms with van der Waals surface area (Å²) in [5.41, 5.74) is 4.52. The van der Waals surface area contributed by atoms with Crippen molar-refractivity contribution in [3.63, 3.8) is 0 Å². The van der Waals surface area contributed by atoms with E-state index in [1.54, 1.807) is 29.7 Å². The van der Waals surface area contributed by atoms with Crippen LogP contribution in [0.2, 0.25) is 0 Å². The van der Waals surface area contributed by atoms with E-state index in [-0.39, 0.29) is 11.9 Å². The minimum atomic E-state index is -0.599. The fourth-order valence-electron chi connectivity index (χ4n) is 3.43. The molecule has 1 atom stereocenters. The second-order valence-electron chi connectivity index (χ2n) is 7.01. The largest absolute Gasteiger partial charge is 0.306 e. The van der Waals surface area contributed by atoms with Crippen LogP contribution < -0.4 is 10.4 Å². The Kier molecular flexibility index (Phi) is 8.36. The molecule has 1 heterocycles. The molecular weight excluding hydrogens is 366 g/mol. The highest BCUT2D eigenvalue weighted by Crippen LogP contribution is 2.27. The minimum Gasteiger partial charge on any atom is -0.306 e. The van der Waals surface area contributed by atoms with E-state index in [0.717, 1.165) is 37.2 Å². The first-order valence-electron chi connectivity index (χ1n) is 10.2. The first-order chi connectivity index (χ1) is 14.0. The van der Waals surface area contributed by atoms with E-state index in [1.807, 2.05) is 36.9 Å². The molecule has 3 rings (SSSR count). The summed E-state index contributed by atoms with van der Waals surface area (Å²) in [6.07, 6.45) is 1.76. The van der Waals surface area contributed by atoms with E-state index in [0.29, 0.717) is 11.1 Å². The van der Waals surface area contributed by atoms with Gasteiger partial charge in [-0.1, -0.05) is 32.0 Å². The van der Waals surface area contributed by atoms with E-state index < -0.39 is 5.91 Å². The van der Waals surface area contributed by atoms with Crippen LogP contribution in [0.1, 0.15) is 53.5 Å². The summed E-state index contributed by atoms with van der Waals surface area (Å²) in [7, 11) is 2.11. The Hall–Kier alpha value is -2.70. The fraction of sp³-hybridized carbons (Fsp3) is 0.391. The lowest BCUT2D eigenvalue weighted by atomic mass is 10.0. The van der Waals surface area contributed by atoms with E-state index in [9.17, 15) is 9.59 Å². The molecule has 29 heavy (non-hydrogen) atoms. The van der Waals surface area contributed by atoms with E-state index in [2.05, 4.69) is 24.9 Å². The van der Waals surface area contributed by atoms with Crippen LogP contribution in [-0.4, -0.2) is 48.1 Å². The van der Waals surface area contributed by atoms with Crippen molar-refractivity contribution in [1.29, 1.82) is 0 Å². The number of hydrogen-bond donors (Lipinski definition) is 2. The van der Waals surface area contributed by atoms with Crippen LogP contribution >= 0.6 is 0 Å². The van der Waals surface area contributed by atoms with Crippen molar-refractivity contribution in [1.82, 2.24) is 10.4 Å². The highest BCUT2D eigenvalue weighted by molar-refractivity contribution is 6.07. The predicted octanol–water partition coefficient (Wildman–Crippen LogP) is 3.75. The van der Waals surface area contributed by atoms with Crippen LogP contribution in [0, 0.1) is 0 Å². The number of likely N-dealkylation sites (N-methyl/N-ethyl adjacent to an activating group) is 1. The normalized spacial score (nSPS) is 17.0. The average Bonchev–Trinajstić information content (AvgIpc) is 2.83. The number of anilines is 1. The van der Waals surface area contributed by atoms with Gasteiger partial charge in [-0.25, -0.2) is 5.48 Å². The zero-order chi connectivity index (χ0) is 21.4. The minimum absolute atomic E-state index is 0.0413. The summed E-state index contributed by atoms with van der Waals surface area (Å²) in [5, 5.41) is 8.74. The molecule has 0 aliphatic carbocycles. The molecule has 0 saturated carbocycles. The Labute approximate surface area is 173 Å². The van der Waals surface area contributed by atoms with Crippen molar-refractivity contribution in [3.8, 4) is 0 Å². The zero-order valence-corrected chi connectivity index (χ0v) is 17.7. The lowest BCUT2D eigenvalue weighted by Crippen LogP contribution is -2.40. The maximum atomic E-state index is 13.3. The third-order valence-corrected chi connectivity index (χ3v) is 5.10. The van der Waals surface area contributed by atoms with Crippen molar-refractivity contribution >= 4 is 17.5 Å². The maximum Gasteiger partial charge on any atom is 0.274 e. The highest BCUT2D eigenvalue weighted by Gasteiger charge is 2.26. The van der Waals surface area contributed by atoms with Gasteiger partial charge in [0.15, 0.2) is 0 Å². The number of carbonyl (C=O) groups excluding carboxylic acids is 2. The van der Waals surface area contributed by atoms with Crippen molar-refractivity contribution in [2.45, 2.75) is 39.7 Å². The summed E-state index contributed by atoms with van der Waals surface area (Å²) in [6.45, 7) is 7.95. The number of para-hydroxylation sites is 1. The lowest BCUT2D eigenvalue weighted by molar-refractivity contribution is 0.0706. The molecule has 156 valence electrons. The summed E-state index contributed by atoms with van der Waals surface area (Å²) < 4.78 is 0. The predicted molar refractivity (Wildman–Crippen MR) is 116 cm³/mol. The van der Waals surface area contributed by atoms with Crippen LogP contribution in [0.4, 0.5) is 5.69 Å². The van der Waals surface area contributed by atoms with Gasteiger partial charge in [0, 0.05) is 29.4 Å². The second kappa shape index (κ2) is 10.7. The number of nitrogens with zero attached hydrogens (tertiary/aromatic N) is 2. The molecule has 1 aliphatic heterocycles. The molecule has 0 bridgehead atoms. The number of benzene rings is 2. The van der Waals surface area contributed by atoms with Crippen LogP contribution in [0.15, 0.2) is 48.5 Å². The first-order valence-corrected chi connectivity index (χ1v) is 10.2. The third kappa shape index (κ3) is 5.43. The highest BCUT2D eigenvalue weighted by atomic mass is 16.5. The van der Waals surface area contributed by atoms with E-state index in [1.165, 1.54) is 0 Å². The van der Waals surface area contributed by atoms with Crippen LogP contribution in [0.25, 0.3) is 0 Å². The third-order valence-electron chi connectivity index (χ3n) is 5.10. The number of carbonyl (C=O) groups is 2. The Morgan fingerprint density at radius 1 is 1.00 bits per heavy atom. The second-order valence-corrected chi connectivity index (χ2v) is 7.01. The van der Waals surface area contributed by atoms with Crippen molar-refractivity contribution in [2.75, 3.05) is 25.0 Å². The molecular formula is C23H31N3O3. The van der Waals surface area contributed by atoms with Crippen molar-refractivity contribution in [3.05, 3.63) is 65.2 Å². The Bertz CT molecular complexity index is 820. The number of fused-ring (bicyclic) bond motifs is 1. The number of hydrogen-bond acceptors (Lipinski definition) is 4. The van der Waals surface area contributed by atoms with Crippen LogP contribution in [0.5, 0.6) is 0 Å². The van der Waals surface area contributed by atoms with Crippen molar-refractivity contribution < 1.29 is 14.8 Å². The molecule has 1 aliphatic rings. The SMILES string of the molecule is CC.CC1CCN(C)CCc2ccccc2N1C(=O)c1ccc(C(=O)NO)cc1. The molecule has 0 saturated heterocycles. The molecule has 2 N–H and O–H groups in total. The topological polar surface area (TPSA) is 72.9 Å². The summed E-state index contributed by atoms with van der Waals surface area (Å²) >= 11 is 0. The number of amides is 2. The molecule has 0 spiro atoms. The van der Waals surface area contributed by atoms with Gasteiger partial charge in [0.25, 0.3) is 11.8 Å². The van der Waals surface area contributed by atoms with Gasteiger partial charge in [0.1, 0.15) is 0 Å². The Morgan fingerprint density at radius 2 is 1.62 bits per heavy atom.